The van der Waals surface area contributed by atoms with Crippen LogP contribution in [0.3, 0.4) is 0 Å². The van der Waals surface area contributed by atoms with Crippen LogP contribution in [0, 0.1) is 0 Å². The number of aromatic nitrogens is 1. The topological polar surface area (TPSA) is 42.1 Å². The minimum absolute atomic E-state index is 0.160. The fourth-order valence-corrected chi connectivity index (χ4v) is 1.86. The Labute approximate surface area is 111 Å². The van der Waals surface area contributed by atoms with Crippen LogP contribution in [0.25, 0.3) is 0 Å². The molecule has 3 heteroatoms. The van der Waals surface area contributed by atoms with Gasteiger partial charge in [0.15, 0.2) is 0 Å². The second kappa shape index (κ2) is 6.74. The van der Waals surface area contributed by atoms with Gasteiger partial charge >= 0.3 is 0 Å². The highest BCUT2D eigenvalue weighted by Gasteiger charge is 2.14. The number of hydrogen-bond acceptors (Lipinski definition) is 3. The van der Waals surface area contributed by atoms with E-state index in [1.165, 1.54) is 18.4 Å². The number of nitrogens with zero attached hydrogens (tertiary/aromatic N) is 2. The molecule has 0 aromatic carbocycles. The average Bonchev–Trinajstić information content (AvgIpc) is 2.33. The van der Waals surface area contributed by atoms with Crippen LogP contribution in [0.4, 0.5) is 5.82 Å². The van der Waals surface area contributed by atoms with E-state index < -0.39 is 0 Å². The Bertz CT molecular complexity index is 338. The lowest BCUT2D eigenvalue weighted by Gasteiger charge is -2.24. The molecule has 0 spiro atoms. The Morgan fingerprint density at radius 3 is 2.39 bits per heavy atom. The summed E-state index contributed by atoms with van der Waals surface area (Å²) < 4.78 is 0. The molecule has 18 heavy (non-hydrogen) atoms. The Morgan fingerprint density at radius 2 is 1.94 bits per heavy atom. The van der Waals surface area contributed by atoms with E-state index in [4.69, 9.17) is 5.73 Å². The third-order valence-corrected chi connectivity index (χ3v) is 3.12. The number of nitrogens with two attached hydrogens (primary N) is 1. The molecule has 0 atom stereocenters. The maximum Gasteiger partial charge on any atom is 0.128 e. The van der Waals surface area contributed by atoms with Crippen molar-refractivity contribution >= 4 is 5.82 Å². The van der Waals surface area contributed by atoms with E-state index in [1.54, 1.807) is 0 Å². The zero-order chi connectivity index (χ0) is 13.6. The van der Waals surface area contributed by atoms with Crippen molar-refractivity contribution in [2.75, 3.05) is 24.5 Å². The van der Waals surface area contributed by atoms with E-state index >= 15 is 0 Å². The molecule has 0 fully saturated rings. The van der Waals surface area contributed by atoms with E-state index in [2.05, 4.69) is 49.7 Å². The zero-order valence-corrected chi connectivity index (χ0v) is 12.2. The summed E-state index contributed by atoms with van der Waals surface area (Å²) in [5, 5.41) is 0. The van der Waals surface area contributed by atoms with Gasteiger partial charge in [0.25, 0.3) is 0 Å². The van der Waals surface area contributed by atoms with E-state index in [9.17, 15) is 0 Å². The number of pyridine rings is 1. The van der Waals surface area contributed by atoms with Crippen LogP contribution in [-0.2, 0) is 5.41 Å². The first-order valence-electron chi connectivity index (χ1n) is 6.90. The summed E-state index contributed by atoms with van der Waals surface area (Å²) in [6, 6.07) is 4.30. The monoisotopic (exact) mass is 249 g/mol. The third-order valence-electron chi connectivity index (χ3n) is 3.12. The van der Waals surface area contributed by atoms with Crippen LogP contribution < -0.4 is 10.6 Å². The molecule has 1 heterocycles. The molecule has 3 nitrogen and oxygen atoms in total. The summed E-state index contributed by atoms with van der Waals surface area (Å²) in [6.07, 6.45) is 4.37. The van der Waals surface area contributed by atoms with Gasteiger partial charge < -0.3 is 10.6 Å². The molecule has 0 saturated carbocycles. The lowest BCUT2D eigenvalue weighted by atomic mass is 9.88. The fourth-order valence-electron chi connectivity index (χ4n) is 1.86. The maximum absolute atomic E-state index is 5.67. The summed E-state index contributed by atoms with van der Waals surface area (Å²) in [7, 11) is 0. The molecular formula is C15H27N3. The number of anilines is 1. The highest BCUT2D eigenvalue weighted by atomic mass is 15.2. The molecular weight excluding hydrogens is 222 g/mol. The smallest absolute Gasteiger partial charge is 0.128 e. The van der Waals surface area contributed by atoms with Crippen LogP contribution in [0.1, 0.15) is 46.1 Å². The predicted molar refractivity (Wildman–Crippen MR) is 79.1 cm³/mol. The van der Waals surface area contributed by atoms with Gasteiger partial charge in [-0.15, -0.1) is 0 Å². The number of rotatable bonds is 6. The van der Waals surface area contributed by atoms with Gasteiger partial charge in [-0.2, -0.15) is 0 Å². The predicted octanol–water partition coefficient (Wildman–Crippen LogP) is 2.94. The summed E-state index contributed by atoms with van der Waals surface area (Å²) in [4.78, 5) is 6.86. The first-order chi connectivity index (χ1) is 8.49. The quantitative estimate of drug-likeness (QED) is 0.843. The van der Waals surface area contributed by atoms with Crippen molar-refractivity contribution < 1.29 is 0 Å². The van der Waals surface area contributed by atoms with Gasteiger partial charge in [0.05, 0.1) is 0 Å². The molecule has 0 bridgehead atoms. The average molecular weight is 249 g/mol. The van der Waals surface area contributed by atoms with E-state index in [1.807, 2.05) is 6.20 Å². The van der Waals surface area contributed by atoms with Gasteiger partial charge in [-0.25, -0.2) is 4.98 Å². The van der Waals surface area contributed by atoms with Crippen LogP contribution >= 0.6 is 0 Å². The molecule has 1 aromatic rings. The second-order valence-corrected chi connectivity index (χ2v) is 5.78. The molecule has 1 aromatic heterocycles. The molecule has 0 radical (unpaired) electrons. The summed E-state index contributed by atoms with van der Waals surface area (Å²) in [5.74, 6) is 1.04. The largest absolute Gasteiger partial charge is 0.355 e. The molecule has 0 aliphatic rings. The van der Waals surface area contributed by atoms with E-state index in [-0.39, 0.29) is 5.41 Å². The third kappa shape index (κ3) is 4.30. The summed E-state index contributed by atoms with van der Waals surface area (Å²) in [6.45, 7) is 11.4. The standard InChI is InChI=1S/C15H27N3/c1-5-6-10-18(11-9-16)14-8-7-13(12-17-14)15(2,3)4/h7-8,12H,5-6,9-11,16H2,1-4H3. The molecule has 2 N–H and O–H groups in total. The Kier molecular flexibility index (Phi) is 5.60. The Balaban J connectivity index is 2.79. The lowest BCUT2D eigenvalue weighted by Crippen LogP contribution is -2.31. The first kappa shape index (κ1) is 15.0. The van der Waals surface area contributed by atoms with Gasteiger partial charge in [-0.3, -0.25) is 0 Å². The van der Waals surface area contributed by atoms with Crippen molar-refractivity contribution in [1.29, 1.82) is 0 Å². The van der Waals surface area contributed by atoms with Gasteiger partial charge in [-0.1, -0.05) is 40.2 Å². The van der Waals surface area contributed by atoms with Gasteiger partial charge in [0, 0.05) is 25.8 Å². The normalized spacial score (nSPS) is 11.6. The van der Waals surface area contributed by atoms with Crippen molar-refractivity contribution in [2.45, 2.75) is 46.0 Å². The van der Waals surface area contributed by atoms with Crippen molar-refractivity contribution in [3.63, 3.8) is 0 Å². The summed E-state index contributed by atoms with van der Waals surface area (Å²) in [5.41, 5.74) is 7.10. The van der Waals surface area contributed by atoms with E-state index in [0.717, 1.165) is 18.9 Å². The molecule has 0 saturated heterocycles. The number of unbranched alkanes of at least 4 members (excludes halogenated alkanes) is 1. The lowest BCUT2D eigenvalue weighted by molar-refractivity contribution is 0.587. The van der Waals surface area contributed by atoms with Crippen molar-refractivity contribution in [3.8, 4) is 0 Å². The molecule has 0 aliphatic heterocycles. The van der Waals surface area contributed by atoms with Gasteiger partial charge in [0.2, 0.25) is 0 Å². The van der Waals surface area contributed by atoms with Crippen molar-refractivity contribution in [2.24, 2.45) is 5.73 Å². The van der Waals surface area contributed by atoms with Crippen LogP contribution in [-0.4, -0.2) is 24.6 Å². The highest BCUT2D eigenvalue weighted by molar-refractivity contribution is 5.40. The van der Waals surface area contributed by atoms with Gasteiger partial charge in [0.1, 0.15) is 5.82 Å². The molecule has 1 rings (SSSR count). The highest BCUT2D eigenvalue weighted by Crippen LogP contribution is 2.23. The Morgan fingerprint density at radius 1 is 1.22 bits per heavy atom. The Hall–Kier alpha value is -1.09. The first-order valence-corrected chi connectivity index (χ1v) is 6.90. The zero-order valence-electron chi connectivity index (χ0n) is 12.2. The van der Waals surface area contributed by atoms with Crippen LogP contribution in [0.5, 0.6) is 0 Å². The maximum atomic E-state index is 5.67. The minimum atomic E-state index is 0.160. The number of hydrogen-bond donors (Lipinski definition) is 1. The molecule has 102 valence electrons. The van der Waals surface area contributed by atoms with Crippen molar-refractivity contribution in [3.05, 3.63) is 23.9 Å². The summed E-state index contributed by atoms with van der Waals surface area (Å²) >= 11 is 0. The van der Waals surface area contributed by atoms with Crippen LogP contribution in [0.2, 0.25) is 0 Å². The molecule has 0 unspecified atom stereocenters. The van der Waals surface area contributed by atoms with Crippen molar-refractivity contribution in [1.82, 2.24) is 4.98 Å². The van der Waals surface area contributed by atoms with E-state index in [0.29, 0.717) is 6.54 Å². The second-order valence-electron chi connectivity index (χ2n) is 5.78. The molecule has 0 amide bonds. The van der Waals surface area contributed by atoms with Crippen LogP contribution in [0.15, 0.2) is 18.3 Å². The fraction of sp³-hybridized carbons (Fsp3) is 0.667. The molecule has 0 aliphatic carbocycles. The minimum Gasteiger partial charge on any atom is -0.355 e. The van der Waals surface area contributed by atoms with Gasteiger partial charge in [-0.05, 0) is 23.5 Å². The SMILES string of the molecule is CCCCN(CCN)c1ccc(C(C)(C)C)cn1.